The third-order valence-corrected chi connectivity index (χ3v) is 1.54. The minimum Gasteiger partial charge on any atom is -0.383 e. The van der Waals surface area contributed by atoms with E-state index in [2.05, 4.69) is 37.7 Å². The second-order valence-electron chi connectivity index (χ2n) is 1.87. The molecule has 2 N–H and O–H groups in total. The van der Waals surface area contributed by atoms with E-state index < -0.39 is 0 Å². The van der Waals surface area contributed by atoms with Gasteiger partial charge in [0, 0.05) is 6.20 Å². The number of hydrogen-bond donors (Lipinski definition) is 1. The number of nitrogen functional groups attached to an aromatic ring is 1. The monoisotopic (exact) mass is 245 g/mol. The van der Waals surface area contributed by atoms with Gasteiger partial charge in [0.05, 0.1) is 10.9 Å². The zero-order valence-electron chi connectivity index (χ0n) is 6.01. The van der Waals surface area contributed by atoms with Crippen molar-refractivity contribution in [1.82, 2.24) is 9.97 Å². The smallest absolute Gasteiger partial charge is 0.224 e. The lowest BCUT2D eigenvalue weighted by molar-refractivity contribution is 1.17. The Morgan fingerprint density at radius 3 is 3.00 bits per heavy atom. The summed E-state index contributed by atoms with van der Waals surface area (Å²) in [5.41, 5.74) is 6.10. The zero-order valence-corrected chi connectivity index (χ0v) is 8.35. The van der Waals surface area contributed by atoms with Crippen molar-refractivity contribution in [3.8, 4) is 11.8 Å². The summed E-state index contributed by atoms with van der Waals surface area (Å²) in [4.78, 5) is 7.49. The van der Waals surface area contributed by atoms with E-state index in [1.807, 2.05) is 0 Å². The Bertz CT molecular complexity index is 342. The Hall–Kier alpha value is -0.790. The van der Waals surface area contributed by atoms with Crippen LogP contribution >= 0.6 is 27.5 Å². The highest BCUT2D eigenvalue weighted by Gasteiger charge is 1.97. The number of halogens is 2. The summed E-state index contributed by atoms with van der Waals surface area (Å²) in [5.74, 6) is 5.88. The minimum atomic E-state index is 0.136. The van der Waals surface area contributed by atoms with Gasteiger partial charge in [0.25, 0.3) is 0 Å². The summed E-state index contributed by atoms with van der Waals surface area (Å²) in [6.45, 7) is 0. The Kier molecular flexibility index (Phi) is 3.32. The largest absolute Gasteiger partial charge is 0.383 e. The van der Waals surface area contributed by atoms with Gasteiger partial charge >= 0.3 is 0 Å². The van der Waals surface area contributed by atoms with Crippen molar-refractivity contribution in [2.75, 3.05) is 11.1 Å². The number of rotatable bonds is 0. The molecule has 3 nitrogen and oxygen atoms in total. The lowest BCUT2D eigenvalue weighted by atomic mass is 10.3. The molecule has 1 heterocycles. The molecule has 1 aromatic heterocycles. The molecule has 0 aliphatic rings. The standard InChI is InChI=1S/C7H5BrClN3/c8-3-1-2-5-4-11-7(9)12-6(5)10/h4H,3H2,(H2,10,11,12). The molecule has 1 aromatic rings. The average Bonchev–Trinajstić information content (AvgIpc) is 2.03. The molecular weight excluding hydrogens is 241 g/mol. The van der Waals surface area contributed by atoms with Crippen molar-refractivity contribution in [2.45, 2.75) is 0 Å². The molecule has 5 heteroatoms. The van der Waals surface area contributed by atoms with Gasteiger partial charge in [0.15, 0.2) is 0 Å². The van der Waals surface area contributed by atoms with Gasteiger partial charge in [-0.15, -0.1) is 0 Å². The molecule has 0 spiro atoms. The van der Waals surface area contributed by atoms with Crippen LogP contribution in [0.5, 0.6) is 0 Å². The first-order valence-corrected chi connectivity index (χ1v) is 4.57. The molecule has 0 amide bonds. The van der Waals surface area contributed by atoms with Crippen LogP contribution in [0.2, 0.25) is 5.28 Å². The first-order chi connectivity index (χ1) is 5.74. The molecule has 0 saturated heterocycles. The van der Waals surface area contributed by atoms with Crippen molar-refractivity contribution in [3.63, 3.8) is 0 Å². The molecule has 0 aliphatic heterocycles. The maximum Gasteiger partial charge on any atom is 0.224 e. The van der Waals surface area contributed by atoms with Crippen LogP contribution in [0.1, 0.15) is 5.56 Å². The van der Waals surface area contributed by atoms with Gasteiger partial charge in [0.1, 0.15) is 5.82 Å². The number of aromatic nitrogens is 2. The molecule has 12 heavy (non-hydrogen) atoms. The number of alkyl halides is 1. The third-order valence-electron chi connectivity index (χ3n) is 1.08. The number of nitrogens with two attached hydrogens (primary N) is 1. The summed E-state index contributed by atoms with van der Waals surface area (Å²) in [7, 11) is 0. The number of hydrogen-bond acceptors (Lipinski definition) is 3. The molecule has 0 bridgehead atoms. The highest BCUT2D eigenvalue weighted by atomic mass is 79.9. The normalized spacial score (nSPS) is 8.83. The van der Waals surface area contributed by atoms with Gasteiger partial charge in [-0.05, 0) is 11.6 Å². The van der Waals surface area contributed by atoms with Crippen LogP contribution in [0.25, 0.3) is 0 Å². The van der Waals surface area contributed by atoms with Crippen LogP contribution < -0.4 is 5.73 Å². The average molecular weight is 246 g/mol. The van der Waals surface area contributed by atoms with Crippen LogP contribution in [0.4, 0.5) is 5.82 Å². The van der Waals surface area contributed by atoms with E-state index in [-0.39, 0.29) is 5.28 Å². The van der Waals surface area contributed by atoms with Gasteiger partial charge in [-0.3, -0.25) is 0 Å². The predicted molar refractivity (Wildman–Crippen MR) is 52.1 cm³/mol. The van der Waals surface area contributed by atoms with Gasteiger partial charge in [0.2, 0.25) is 5.28 Å². The highest BCUT2D eigenvalue weighted by molar-refractivity contribution is 9.09. The molecule has 0 saturated carbocycles. The minimum absolute atomic E-state index is 0.136. The fourth-order valence-electron chi connectivity index (χ4n) is 0.597. The van der Waals surface area contributed by atoms with Crippen LogP contribution in [-0.2, 0) is 0 Å². The molecule has 0 fully saturated rings. The Morgan fingerprint density at radius 2 is 2.42 bits per heavy atom. The van der Waals surface area contributed by atoms with E-state index in [4.69, 9.17) is 17.3 Å². The van der Waals surface area contributed by atoms with E-state index in [9.17, 15) is 0 Å². The fraction of sp³-hybridized carbons (Fsp3) is 0.143. The van der Waals surface area contributed by atoms with Crippen LogP contribution in [0, 0.1) is 11.8 Å². The van der Waals surface area contributed by atoms with Crippen molar-refractivity contribution in [3.05, 3.63) is 17.0 Å². The fourth-order valence-corrected chi connectivity index (χ4v) is 0.877. The maximum atomic E-state index is 5.51. The summed E-state index contributed by atoms with van der Waals surface area (Å²) in [5, 5.41) is 0.728. The van der Waals surface area contributed by atoms with Crippen LogP contribution in [0.15, 0.2) is 6.20 Å². The van der Waals surface area contributed by atoms with E-state index >= 15 is 0 Å². The van der Waals surface area contributed by atoms with E-state index in [0.717, 1.165) is 0 Å². The molecule has 0 aromatic carbocycles. The van der Waals surface area contributed by atoms with Gasteiger partial charge in [-0.25, -0.2) is 4.98 Å². The van der Waals surface area contributed by atoms with Gasteiger partial charge < -0.3 is 5.73 Å². The summed E-state index contributed by atoms with van der Waals surface area (Å²) >= 11 is 8.66. The topological polar surface area (TPSA) is 51.8 Å². The maximum absolute atomic E-state index is 5.51. The van der Waals surface area contributed by atoms with E-state index in [0.29, 0.717) is 16.7 Å². The molecule has 62 valence electrons. The number of nitrogens with zero attached hydrogens (tertiary/aromatic N) is 2. The van der Waals surface area contributed by atoms with Crippen molar-refractivity contribution < 1.29 is 0 Å². The zero-order chi connectivity index (χ0) is 8.97. The molecule has 0 aliphatic carbocycles. The van der Waals surface area contributed by atoms with E-state index in [1.54, 1.807) is 0 Å². The first kappa shape index (κ1) is 9.30. The summed E-state index contributed by atoms with van der Waals surface area (Å²) < 4.78 is 0. The Labute approximate surface area is 83.5 Å². The SMILES string of the molecule is Nc1nc(Cl)ncc1C#CCBr. The van der Waals surface area contributed by atoms with Gasteiger partial charge in [-0.1, -0.05) is 27.8 Å². The second-order valence-corrected chi connectivity index (χ2v) is 2.77. The predicted octanol–water partition coefficient (Wildman–Crippen LogP) is 1.46. The quantitative estimate of drug-likeness (QED) is 0.428. The number of anilines is 1. The molecule has 0 radical (unpaired) electrons. The second kappa shape index (κ2) is 4.29. The van der Waals surface area contributed by atoms with E-state index in [1.165, 1.54) is 6.20 Å². The Morgan fingerprint density at radius 1 is 1.67 bits per heavy atom. The molecular formula is C7H5BrClN3. The van der Waals surface area contributed by atoms with Crippen molar-refractivity contribution in [1.29, 1.82) is 0 Å². The summed E-state index contributed by atoms with van der Waals surface area (Å²) in [6.07, 6.45) is 1.50. The molecule has 1 rings (SSSR count). The third kappa shape index (κ3) is 2.36. The molecule has 0 atom stereocenters. The molecule has 0 unspecified atom stereocenters. The lowest BCUT2D eigenvalue weighted by Crippen LogP contribution is -1.96. The Balaban J connectivity index is 3.01. The first-order valence-electron chi connectivity index (χ1n) is 3.07. The van der Waals surface area contributed by atoms with Crippen molar-refractivity contribution >= 4 is 33.3 Å². The summed E-state index contributed by atoms with van der Waals surface area (Å²) in [6, 6.07) is 0. The van der Waals surface area contributed by atoms with Crippen LogP contribution in [-0.4, -0.2) is 15.3 Å². The lowest BCUT2D eigenvalue weighted by Gasteiger charge is -1.94. The van der Waals surface area contributed by atoms with Crippen molar-refractivity contribution in [2.24, 2.45) is 0 Å². The highest BCUT2D eigenvalue weighted by Crippen LogP contribution is 2.08. The van der Waals surface area contributed by atoms with Crippen LogP contribution in [0.3, 0.4) is 0 Å². The van der Waals surface area contributed by atoms with Gasteiger partial charge in [-0.2, -0.15) is 4.98 Å².